The lowest BCUT2D eigenvalue weighted by Crippen LogP contribution is -2.03. The van der Waals surface area contributed by atoms with Crippen LogP contribution in [0, 0.1) is 0 Å². The van der Waals surface area contributed by atoms with Gasteiger partial charge in [0.05, 0.1) is 11.9 Å². The molecule has 0 spiro atoms. The van der Waals surface area contributed by atoms with Crippen LogP contribution in [0.15, 0.2) is 30.5 Å². The fourth-order valence-electron chi connectivity index (χ4n) is 2.00. The second kappa shape index (κ2) is 6.36. The summed E-state index contributed by atoms with van der Waals surface area (Å²) in [5.41, 5.74) is 9.18. The maximum absolute atomic E-state index is 5.51. The highest BCUT2D eigenvalue weighted by molar-refractivity contribution is 5.58. The number of benzene rings is 1. The second-order valence-electron chi connectivity index (χ2n) is 4.58. The minimum atomic E-state index is 0.628. The summed E-state index contributed by atoms with van der Waals surface area (Å²) in [7, 11) is 0. The average Bonchev–Trinajstić information content (AvgIpc) is 2.86. The van der Waals surface area contributed by atoms with Crippen molar-refractivity contribution < 1.29 is 0 Å². The largest absolute Gasteiger partial charge is 0.342 e. The van der Waals surface area contributed by atoms with Gasteiger partial charge >= 0.3 is 0 Å². The summed E-state index contributed by atoms with van der Waals surface area (Å²) in [4.78, 5) is 7.62. The molecule has 0 amide bonds. The first kappa shape index (κ1) is 12.8. The molecule has 3 heteroatoms. The van der Waals surface area contributed by atoms with E-state index in [2.05, 4.69) is 41.2 Å². The molecule has 3 nitrogen and oxygen atoms in total. The van der Waals surface area contributed by atoms with E-state index in [4.69, 9.17) is 5.73 Å². The maximum Gasteiger partial charge on any atom is 0.107 e. The topological polar surface area (TPSA) is 54.7 Å². The minimum absolute atomic E-state index is 0.628. The number of nitrogens with one attached hydrogen (secondary N) is 1. The number of hydrogen-bond acceptors (Lipinski definition) is 2. The molecule has 96 valence electrons. The Kier molecular flexibility index (Phi) is 4.53. The number of nitrogens with zero attached hydrogens (tertiary/aromatic N) is 1. The van der Waals surface area contributed by atoms with Gasteiger partial charge < -0.3 is 10.7 Å². The van der Waals surface area contributed by atoms with Crippen molar-refractivity contribution in [1.82, 2.24) is 9.97 Å². The summed E-state index contributed by atoms with van der Waals surface area (Å²) >= 11 is 0. The smallest absolute Gasteiger partial charge is 0.107 e. The Balaban J connectivity index is 2.07. The molecule has 0 saturated carbocycles. The van der Waals surface area contributed by atoms with Gasteiger partial charge in [-0.1, -0.05) is 37.6 Å². The molecular formula is C15H21N3. The molecule has 0 aliphatic heterocycles. The van der Waals surface area contributed by atoms with Crippen LogP contribution in [0.25, 0.3) is 11.3 Å². The zero-order valence-corrected chi connectivity index (χ0v) is 10.9. The van der Waals surface area contributed by atoms with Crippen LogP contribution >= 0.6 is 0 Å². The Morgan fingerprint density at radius 1 is 1.17 bits per heavy atom. The third-order valence-corrected chi connectivity index (χ3v) is 3.09. The normalized spacial score (nSPS) is 10.8. The van der Waals surface area contributed by atoms with Crippen LogP contribution in [0.3, 0.4) is 0 Å². The van der Waals surface area contributed by atoms with E-state index in [0.717, 1.165) is 24.4 Å². The lowest BCUT2D eigenvalue weighted by molar-refractivity contribution is 0.795. The molecule has 0 aliphatic rings. The quantitative estimate of drug-likeness (QED) is 0.819. The van der Waals surface area contributed by atoms with E-state index in [1.54, 1.807) is 0 Å². The van der Waals surface area contributed by atoms with Gasteiger partial charge in [-0.2, -0.15) is 0 Å². The van der Waals surface area contributed by atoms with Gasteiger partial charge in [0.1, 0.15) is 5.82 Å². The molecule has 18 heavy (non-hydrogen) atoms. The van der Waals surface area contributed by atoms with E-state index < -0.39 is 0 Å². The van der Waals surface area contributed by atoms with Crippen LogP contribution in [0.5, 0.6) is 0 Å². The molecule has 0 radical (unpaired) electrons. The number of nitrogens with two attached hydrogens (primary N) is 1. The van der Waals surface area contributed by atoms with E-state index >= 15 is 0 Å². The van der Waals surface area contributed by atoms with Crippen molar-refractivity contribution in [3.8, 4) is 11.3 Å². The van der Waals surface area contributed by atoms with Crippen molar-refractivity contribution in [3.05, 3.63) is 41.9 Å². The highest BCUT2D eigenvalue weighted by atomic mass is 14.9. The molecule has 0 atom stereocenters. The number of hydrogen-bond donors (Lipinski definition) is 2. The van der Waals surface area contributed by atoms with Crippen LogP contribution in [-0.2, 0) is 12.8 Å². The Morgan fingerprint density at radius 2 is 1.94 bits per heavy atom. The number of aromatic amines is 1. The minimum Gasteiger partial charge on any atom is -0.342 e. The van der Waals surface area contributed by atoms with E-state index in [1.807, 2.05) is 6.20 Å². The molecule has 0 aliphatic carbocycles. The van der Waals surface area contributed by atoms with Gasteiger partial charge in [0.2, 0.25) is 0 Å². The standard InChI is InChI=1S/C15H21N3/c1-2-3-4-12-5-7-13(8-6-12)14-11-17-15(18-14)9-10-16/h5-8,11H,2-4,9-10,16H2,1H3,(H,17,18). The van der Waals surface area contributed by atoms with Gasteiger partial charge in [-0.05, 0) is 30.5 Å². The number of imidazole rings is 1. The molecule has 2 rings (SSSR count). The van der Waals surface area contributed by atoms with E-state index in [-0.39, 0.29) is 0 Å². The van der Waals surface area contributed by atoms with Crippen LogP contribution in [0.4, 0.5) is 0 Å². The highest BCUT2D eigenvalue weighted by Gasteiger charge is 2.02. The fraction of sp³-hybridized carbons (Fsp3) is 0.400. The van der Waals surface area contributed by atoms with Gasteiger partial charge in [0, 0.05) is 6.42 Å². The lowest BCUT2D eigenvalue weighted by atomic mass is 10.1. The zero-order valence-electron chi connectivity index (χ0n) is 10.9. The highest BCUT2D eigenvalue weighted by Crippen LogP contribution is 2.18. The molecule has 0 bridgehead atoms. The third kappa shape index (κ3) is 3.20. The monoisotopic (exact) mass is 243 g/mol. The first-order valence-electron chi connectivity index (χ1n) is 6.66. The Labute approximate surface area is 108 Å². The molecule has 1 heterocycles. The Bertz CT molecular complexity index is 471. The van der Waals surface area contributed by atoms with E-state index in [1.165, 1.54) is 24.0 Å². The Hall–Kier alpha value is -1.61. The number of rotatable bonds is 6. The summed E-state index contributed by atoms with van der Waals surface area (Å²) in [6, 6.07) is 8.72. The number of H-pyrrole nitrogens is 1. The van der Waals surface area contributed by atoms with E-state index in [0.29, 0.717) is 6.54 Å². The summed E-state index contributed by atoms with van der Waals surface area (Å²) in [6.45, 7) is 2.85. The van der Waals surface area contributed by atoms with Crippen LogP contribution in [-0.4, -0.2) is 16.5 Å². The van der Waals surface area contributed by atoms with Gasteiger partial charge in [0.15, 0.2) is 0 Å². The summed E-state index contributed by atoms with van der Waals surface area (Å²) in [5.74, 6) is 0.961. The summed E-state index contributed by atoms with van der Waals surface area (Å²) in [6.07, 6.45) is 6.34. The number of unbranched alkanes of at least 4 members (excludes halogenated alkanes) is 1. The molecule has 0 unspecified atom stereocenters. The molecule has 1 aromatic carbocycles. The predicted molar refractivity (Wildman–Crippen MR) is 75.4 cm³/mol. The third-order valence-electron chi connectivity index (χ3n) is 3.09. The van der Waals surface area contributed by atoms with Crippen LogP contribution < -0.4 is 5.73 Å². The molecule has 0 fully saturated rings. The van der Waals surface area contributed by atoms with Gasteiger partial charge in [-0.25, -0.2) is 4.98 Å². The first-order valence-corrected chi connectivity index (χ1v) is 6.66. The van der Waals surface area contributed by atoms with E-state index in [9.17, 15) is 0 Å². The van der Waals surface area contributed by atoms with Gasteiger partial charge in [-0.15, -0.1) is 0 Å². The first-order chi connectivity index (χ1) is 8.83. The van der Waals surface area contributed by atoms with Crippen LogP contribution in [0.1, 0.15) is 31.2 Å². The SMILES string of the molecule is CCCCc1ccc(-c2cnc(CCN)[nH]2)cc1. The van der Waals surface area contributed by atoms with Gasteiger partial charge in [0.25, 0.3) is 0 Å². The van der Waals surface area contributed by atoms with Crippen molar-refractivity contribution in [2.75, 3.05) is 6.54 Å². The van der Waals surface area contributed by atoms with Crippen molar-refractivity contribution in [3.63, 3.8) is 0 Å². The predicted octanol–water partition coefficient (Wildman–Crippen LogP) is 2.92. The van der Waals surface area contributed by atoms with Crippen molar-refractivity contribution in [2.45, 2.75) is 32.6 Å². The molecule has 2 aromatic rings. The molecule has 1 aromatic heterocycles. The Morgan fingerprint density at radius 3 is 2.61 bits per heavy atom. The summed E-state index contributed by atoms with van der Waals surface area (Å²) < 4.78 is 0. The molecule has 3 N–H and O–H groups in total. The molecule has 0 saturated heterocycles. The van der Waals surface area contributed by atoms with Gasteiger partial charge in [-0.3, -0.25) is 0 Å². The average molecular weight is 243 g/mol. The zero-order chi connectivity index (χ0) is 12.8. The number of aromatic nitrogens is 2. The maximum atomic E-state index is 5.51. The van der Waals surface area contributed by atoms with Crippen molar-refractivity contribution in [2.24, 2.45) is 5.73 Å². The second-order valence-corrected chi connectivity index (χ2v) is 4.58. The molecular weight excluding hydrogens is 222 g/mol. The van der Waals surface area contributed by atoms with Crippen molar-refractivity contribution in [1.29, 1.82) is 0 Å². The number of aryl methyl sites for hydroxylation is 1. The van der Waals surface area contributed by atoms with Crippen LogP contribution in [0.2, 0.25) is 0 Å². The van der Waals surface area contributed by atoms with Crippen molar-refractivity contribution >= 4 is 0 Å². The lowest BCUT2D eigenvalue weighted by Gasteiger charge is -2.02. The fourth-order valence-corrected chi connectivity index (χ4v) is 2.00. The summed E-state index contributed by atoms with van der Waals surface area (Å²) in [5, 5.41) is 0.